The van der Waals surface area contributed by atoms with E-state index in [1.165, 1.54) is 0 Å². The normalized spacial score (nSPS) is 14.1. The van der Waals surface area contributed by atoms with Crippen molar-refractivity contribution in [2.75, 3.05) is 13.2 Å². The van der Waals surface area contributed by atoms with Crippen LogP contribution >= 0.6 is 0 Å². The Morgan fingerprint density at radius 1 is 1.23 bits per heavy atom. The first-order valence-corrected chi connectivity index (χ1v) is 7.21. The van der Waals surface area contributed by atoms with Crippen LogP contribution in [0.5, 0.6) is 5.75 Å². The summed E-state index contributed by atoms with van der Waals surface area (Å²) in [6, 6.07) is 7.78. The van der Waals surface area contributed by atoms with Gasteiger partial charge in [-0.25, -0.2) is 4.98 Å². The van der Waals surface area contributed by atoms with Crippen LogP contribution in [0.2, 0.25) is 0 Å². The van der Waals surface area contributed by atoms with Gasteiger partial charge >= 0.3 is 0 Å². The summed E-state index contributed by atoms with van der Waals surface area (Å²) >= 11 is 0. The van der Waals surface area contributed by atoms with Crippen LogP contribution in [0.25, 0.3) is 22.2 Å². The summed E-state index contributed by atoms with van der Waals surface area (Å²) in [6.45, 7) is 3.03. The topological polar surface area (TPSA) is 67.0 Å². The molecule has 22 heavy (non-hydrogen) atoms. The molecule has 0 saturated carbocycles. The Bertz CT molecular complexity index is 883. The van der Waals surface area contributed by atoms with Gasteiger partial charge in [0.15, 0.2) is 0 Å². The third-order valence-corrected chi connectivity index (χ3v) is 3.85. The number of hydrogen-bond donors (Lipinski definition) is 2. The maximum atomic E-state index is 12.0. The number of nitrogens with zero attached hydrogens (tertiary/aromatic N) is 1. The van der Waals surface area contributed by atoms with Gasteiger partial charge in [0.1, 0.15) is 18.0 Å². The van der Waals surface area contributed by atoms with Crippen molar-refractivity contribution in [2.45, 2.75) is 6.92 Å². The number of carbonyl (C=O) groups is 1. The molecule has 1 aliphatic heterocycles. The molecule has 0 radical (unpaired) electrons. The first-order chi connectivity index (χ1) is 10.7. The molecule has 0 aliphatic carbocycles. The minimum atomic E-state index is -0.0875. The van der Waals surface area contributed by atoms with Gasteiger partial charge in [0.2, 0.25) is 0 Å². The molecule has 5 heteroatoms. The van der Waals surface area contributed by atoms with Gasteiger partial charge in [-0.15, -0.1) is 0 Å². The van der Waals surface area contributed by atoms with Crippen LogP contribution in [0.3, 0.4) is 0 Å². The third kappa shape index (κ3) is 2.02. The zero-order valence-corrected chi connectivity index (χ0v) is 12.1. The molecule has 110 valence electrons. The number of carbonyl (C=O) groups excluding carboxylic acids is 1. The first-order valence-electron chi connectivity index (χ1n) is 7.21. The van der Waals surface area contributed by atoms with Crippen LogP contribution in [0.1, 0.15) is 15.9 Å². The largest absolute Gasteiger partial charge is 0.491 e. The van der Waals surface area contributed by atoms with E-state index in [0.717, 1.165) is 27.7 Å². The summed E-state index contributed by atoms with van der Waals surface area (Å²) in [6.07, 6.45) is 3.78. The highest BCUT2D eigenvalue weighted by atomic mass is 16.5. The Labute approximate surface area is 127 Å². The van der Waals surface area contributed by atoms with E-state index in [0.29, 0.717) is 24.5 Å². The molecule has 0 saturated heterocycles. The lowest BCUT2D eigenvalue weighted by molar-refractivity contribution is 0.0957. The molecular formula is C17H15N3O2. The van der Waals surface area contributed by atoms with Gasteiger partial charge in [0.05, 0.1) is 12.1 Å². The predicted octanol–water partition coefficient (Wildman–Crippen LogP) is 2.66. The molecule has 0 fully saturated rings. The lowest BCUT2D eigenvalue weighted by Gasteiger charge is -2.08. The summed E-state index contributed by atoms with van der Waals surface area (Å²) in [4.78, 5) is 19.5. The minimum Gasteiger partial charge on any atom is -0.491 e. The predicted molar refractivity (Wildman–Crippen MR) is 84.1 cm³/mol. The van der Waals surface area contributed by atoms with Crippen molar-refractivity contribution in [1.29, 1.82) is 0 Å². The molecule has 0 unspecified atom stereocenters. The molecule has 5 nitrogen and oxygen atoms in total. The quantitative estimate of drug-likeness (QED) is 0.725. The Morgan fingerprint density at radius 3 is 3.05 bits per heavy atom. The van der Waals surface area contributed by atoms with E-state index < -0.39 is 0 Å². The van der Waals surface area contributed by atoms with Crippen LogP contribution in [0, 0.1) is 6.92 Å². The number of aryl methyl sites for hydroxylation is 1. The molecule has 4 rings (SSSR count). The van der Waals surface area contributed by atoms with Crippen molar-refractivity contribution in [3.63, 3.8) is 0 Å². The summed E-state index contributed by atoms with van der Waals surface area (Å²) in [5.41, 5.74) is 4.61. The van der Waals surface area contributed by atoms with E-state index in [9.17, 15) is 4.79 Å². The second-order valence-corrected chi connectivity index (χ2v) is 5.43. The fourth-order valence-corrected chi connectivity index (χ4v) is 2.76. The Hall–Kier alpha value is -2.82. The summed E-state index contributed by atoms with van der Waals surface area (Å²) in [5, 5.41) is 3.88. The van der Waals surface area contributed by atoms with E-state index >= 15 is 0 Å². The fourth-order valence-electron chi connectivity index (χ4n) is 2.76. The molecule has 3 aromatic rings. The van der Waals surface area contributed by atoms with E-state index in [1.54, 1.807) is 0 Å². The minimum absolute atomic E-state index is 0.0875. The van der Waals surface area contributed by atoms with E-state index in [2.05, 4.69) is 21.4 Å². The molecule has 1 aliphatic rings. The maximum Gasteiger partial charge on any atom is 0.255 e. The summed E-state index contributed by atoms with van der Waals surface area (Å²) < 4.78 is 5.68. The van der Waals surface area contributed by atoms with Crippen molar-refractivity contribution < 1.29 is 9.53 Å². The van der Waals surface area contributed by atoms with E-state index in [-0.39, 0.29) is 5.91 Å². The number of ether oxygens (including phenoxy) is 1. The average Bonchev–Trinajstić information content (AvgIpc) is 2.84. The zero-order chi connectivity index (χ0) is 15.1. The van der Waals surface area contributed by atoms with Gasteiger partial charge in [0.25, 0.3) is 5.91 Å². The van der Waals surface area contributed by atoms with Crippen molar-refractivity contribution in [1.82, 2.24) is 15.3 Å². The van der Waals surface area contributed by atoms with Gasteiger partial charge in [-0.1, -0.05) is 6.07 Å². The summed E-state index contributed by atoms with van der Waals surface area (Å²) in [7, 11) is 0. The monoisotopic (exact) mass is 293 g/mol. The van der Waals surface area contributed by atoms with Crippen molar-refractivity contribution in [3.8, 4) is 16.9 Å². The number of H-pyrrole nitrogens is 1. The van der Waals surface area contributed by atoms with Gasteiger partial charge < -0.3 is 15.0 Å². The van der Waals surface area contributed by atoms with Crippen LogP contribution in [-0.2, 0) is 0 Å². The lowest BCUT2D eigenvalue weighted by atomic mass is 10.0. The molecule has 2 N–H and O–H groups in total. The summed E-state index contributed by atoms with van der Waals surface area (Å²) in [5.74, 6) is 0.540. The highest BCUT2D eigenvalue weighted by Gasteiger charge is 2.17. The van der Waals surface area contributed by atoms with Gasteiger partial charge in [-0.05, 0) is 36.2 Å². The van der Waals surface area contributed by atoms with Crippen molar-refractivity contribution in [2.24, 2.45) is 0 Å². The molecule has 0 spiro atoms. The number of pyridine rings is 1. The first kappa shape index (κ1) is 12.9. The third-order valence-electron chi connectivity index (χ3n) is 3.85. The highest BCUT2D eigenvalue weighted by Crippen LogP contribution is 2.32. The van der Waals surface area contributed by atoms with Crippen LogP contribution in [0.15, 0.2) is 36.7 Å². The van der Waals surface area contributed by atoms with Gasteiger partial charge in [-0.2, -0.15) is 0 Å². The molecule has 3 heterocycles. The number of rotatable bonds is 1. The smallest absolute Gasteiger partial charge is 0.255 e. The fraction of sp³-hybridized carbons (Fsp3) is 0.176. The molecule has 0 atom stereocenters. The molecule has 0 bridgehead atoms. The van der Waals surface area contributed by atoms with Crippen LogP contribution < -0.4 is 10.1 Å². The highest BCUT2D eigenvalue weighted by molar-refractivity contribution is 5.99. The Morgan fingerprint density at radius 2 is 2.14 bits per heavy atom. The number of aromatic amines is 1. The Balaban J connectivity index is 1.87. The number of fused-ring (bicyclic) bond motifs is 2. The molecule has 2 aromatic heterocycles. The van der Waals surface area contributed by atoms with Crippen molar-refractivity contribution in [3.05, 3.63) is 47.8 Å². The van der Waals surface area contributed by atoms with E-state index in [1.807, 2.05) is 37.5 Å². The van der Waals surface area contributed by atoms with E-state index in [4.69, 9.17) is 4.74 Å². The lowest BCUT2D eigenvalue weighted by Crippen LogP contribution is -2.24. The number of benzene rings is 1. The maximum absolute atomic E-state index is 12.0. The van der Waals surface area contributed by atoms with Gasteiger partial charge in [0, 0.05) is 23.3 Å². The standard InChI is InChI=1S/C17H15N3O2/c1-10-6-13-14(9-20-16(13)19-8-10)11-2-3-12-15(7-11)22-5-4-18-17(12)21/h2-3,6-9H,4-5H2,1H3,(H,18,21)(H,19,20). The number of amides is 1. The Kier molecular flexibility index (Phi) is 2.85. The van der Waals surface area contributed by atoms with Crippen LogP contribution in [-0.4, -0.2) is 29.0 Å². The average molecular weight is 293 g/mol. The van der Waals surface area contributed by atoms with Crippen molar-refractivity contribution >= 4 is 16.9 Å². The number of aromatic nitrogens is 2. The molecular weight excluding hydrogens is 278 g/mol. The molecule has 1 amide bonds. The second kappa shape index (κ2) is 4.87. The van der Waals surface area contributed by atoms with Crippen LogP contribution in [0.4, 0.5) is 0 Å². The second-order valence-electron chi connectivity index (χ2n) is 5.43. The SMILES string of the molecule is Cc1cnc2[nH]cc(-c3ccc4c(c3)OCCNC4=O)c2c1. The van der Waals surface area contributed by atoms with Gasteiger partial charge in [-0.3, -0.25) is 4.79 Å². The zero-order valence-electron chi connectivity index (χ0n) is 12.1. The number of hydrogen-bond acceptors (Lipinski definition) is 3. The number of nitrogens with one attached hydrogen (secondary N) is 2. The molecule has 1 aromatic carbocycles.